The van der Waals surface area contributed by atoms with E-state index in [1.807, 2.05) is 24.0 Å². The summed E-state index contributed by atoms with van der Waals surface area (Å²) in [5.41, 5.74) is 1.24. The van der Waals surface area contributed by atoms with Crippen LogP contribution in [0.2, 0.25) is 0 Å². The number of aromatic nitrogens is 2. The number of rotatable bonds is 6. The van der Waals surface area contributed by atoms with Crippen molar-refractivity contribution in [3.63, 3.8) is 0 Å². The minimum Gasteiger partial charge on any atom is -0.347 e. The van der Waals surface area contributed by atoms with Gasteiger partial charge in [-0.3, -0.25) is 0 Å². The summed E-state index contributed by atoms with van der Waals surface area (Å²) < 4.78 is 0. The number of H-pyrrole nitrogens is 1. The number of nitrogens with zero attached hydrogens (tertiary/aromatic N) is 1. The van der Waals surface area contributed by atoms with Crippen LogP contribution >= 0.6 is 11.8 Å². The van der Waals surface area contributed by atoms with Gasteiger partial charge in [0.05, 0.1) is 6.04 Å². The predicted octanol–water partition coefficient (Wildman–Crippen LogP) is 2.45. The fraction of sp³-hybridized carbons (Fsp3) is 0.308. The first-order valence-corrected chi connectivity index (χ1v) is 7.07. The van der Waals surface area contributed by atoms with E-state index in [2.05, 4.69) is 45.8 Å². The van der Waals surface area contributed by atoms with E-state index in [0.29, 0.717) is 0 Å². The van der Waals surface area contributed by atoms with Crippen LogP contribution in [-0.2, 0) is 0 Å². The van der Waals surface area contributed by atoms with Gasteiger partial charge in [-0.25, -0.2) is 4.98 Å². The number of nitrogens with one attached hydrogen (secondary N) is 2. The standard InChI is InChI=1S/C13H17N3S/c1-17-10-9-14-12(13-15-7-8-16-13)11-5-3-2-4-6-11/h2-8,12,14H,9-10H2,1H3,(H,15,16)/t12-/m1/s1. The van der Waals surface area contributed by atoms with Crippen molar-refractivity contribution >= 4 is 11.8 Å². The van der Waals surface area contributed by atoms with Crippen molar-refractivity contribution in [1.29, 1.82) is 0 Å². The van der Waals surface area contributed by atoms with Gasteiger partial charge in [0.15, 0.2) is 0 Å². The van der Waals surface area contributed by atoms with E-state index in [0.717, 1.165) is 18.1 Å². The lowest BCUT2D eigenvalue weighted by atomic mass is 10.1. The molecule has 0 radical (unpaired) electrons. The molecule has 0 saturated heterocycles. The first kappa shape index (κ1) is 12.2. The molecule has 2 N–H and O–H groups in total. The van der Waals surface area contributed by atoms with Gasteiger partial charge in [0, 0.05) is 24.7 Å². The van der Waals surface area contributed by atoms with Gasteiger partial charge in [-0.2, -0.15) is 11.8 Å². The lowest BCUT2D eigenvalue weighted by molar-refractivity contribution is 0.607. The molecule has 0 fully saturated rings. The Balaban J connectivity index is 2.13. The Hall–Kier alpha value is -1.26. The molecule has 3 nitrogen and oxygen atoms in total. The first-order valence-electron chi connectivity index (χ1n) is 5.68. The van der Waals surface area contributed by atoms with Gasteiger partial charge in [-0.15, -0.1) is 0 Å². The normalized spacial score (nSPS) is 12.5. The Bertz CT molecular complexity index is 413. The Kier molecular flexibility index (Phi) is 4.64. The minimum atomic E-state index is 0.151. The predicted molar refractivity (Wildman–Crippen MR) is 73.3 cm³/mol. The van der Waals surface area contributed by atoms with Crippen LogP contribution in [0.25, 0.3) is 0 Å². The largest absolute Gasteiger partial charge is 0.347 e. The molecule has 90 valence electrons. The molecule has 0 amide bonds. The summed E-state index contributed by atoms with van der Waals surface area (Å²) in [5.74, 6) is 2.07. The van der Waals surface area contributed by atoms with Crippen molar-refractivity contribution in [2.45, 2.75) is 6.04 Å². The third kappa shape index (κ3) is 3.35. The summed E-state index contributed by atoms with van der Waals surface area (Å²) in [7, 11) is 0. The van der Waals surface area contributed by atoms with Crippen LogP contribution in [-0.4, -0.2) is 28.5 Å². The Morgan fingerprint density at radius 1 is 1.35 bits per heavy atom. The zero-order valence-corrected chi connectivity index (χ0v) is 10.7. The summed E-state index contributed by atoms with van der Waals surface area (Å²) in [5, 5.41) is 3.52. The molecule has 1 aromatic heterocycles. The fourth-order valence-corrected chi connectivity index (χ4v) is 2.08. The molecule has 1 atom stereocenters. The van der Waals surface area contributed by atoms with Crippen LogP contribution in [0.15, 0.2) is 42.7 Å². The van der Waals surface area contributed by atoms with Gasteiger partial charge in [-0.05, 0) is 11.8 Å². The summed E-state index contributed by atoms with van der Waals surface area (Å²) in [6.07, 6.45) is 5.77. The molecule has 17 heavy (non-hydrogen) atoms. The van der Waals surface area contributed by atoms with E-state index in [1.54, 1.807) is 6.20 Å². The lowest BCUT2D eigenvalue weighted by Crippen LogP contribution is -2.25. The zero-order valence-electron chi connectivity index (χ0n) is 9.89. The third-order valence-electron chi connectivity index (χ3n) is 2.58. The van der Waals surface area contributed by atoms with Crippen LogP contribution < -0.4 is 5.32 Å². The number of thioether (sulfide) groups is 1. The molecule has 0 bridgehead atoms. The average Bonchev–Trinajstić information content (AvgIpc) is 2.89. The molecule has 2 rings (SSSR count). The van der Waals surface area contributed by atoms with Crippen molar-refractivity contribution in [2.75, 3.05) is 18.6 Å². The molecule has 2 aromatic rings. The van der Waals surface area contributed by atoms with Crippen LogP contribution in [0.1, 0.15) is 17.4 Å². The van der Waals surface area contributed by atoms with Crippen LogP contribution in [0.3, 0.4) is 0 Å². The maximum Gasteiger partial charge on any atom is 0.127 e. The average molecular weight is 247 g/mol. The second-order valence-electron chi connectivity index (χ2n) is 3.77. The molecule has 0 spiro atoms. The number of benzene rings is 1. The summed E-state index contributed by atoms with van der Waals surface area (Å²) in [4.78, 5) is 7.53. The SMILES string of the molecule is CSCCN[C@H](c1ccccc1)c1ncc[nH]1. The zero-order chi connectivity index (χ0) is 11.9. The van der Waals surface area contributed by atoms with E-state index in [-0.39, 0.29) is 6.04 Å². The molecule has 0 saturated carbocycles. The van der Waals surface area contributed by atoms with Crippen LogP contribution in [0.5, 0.6) is 0 Å². The molecule has 4 heteroatoms. The molecular formula is C13H17N3S. The maximum absolute atomic E-state index is 4.35. The number of aromatic amines is 1. The third-order valence-corrected chi connectivity index (χ3v) is 3.19. The minimum absolute atomic E-state index is 0.151. The van der Waals surface area contributed by atoms with Crippen molar-refractivity contribution in [3.8, 4) is 0 Å². The van der Waals surface area contributed by atoms with Gasteiger partial charge in [0.25, 0.3) is 0 Å². The highest BCUT2D eigenvalue weighted by atomic mass is 32.2. The highest BCUT2D eigenvalue weighted by molar-refractivity contribution is 7.98. The van der Waals surface area contributed by atoms with Crippen molar-refractivity contribution in [3.05, 3.63) is 54.1 Å². The molecule has 0 aliphatic carbocycles. The summed E-state index contributed by atoms with van der Waals surface area (Å²) in [6, 6.07) is 10.5. The number of hydrogen-bond acceptors (Lipinski definition) is 3. The molecular weight excluding hydrogens is 230 g/mol. The van der Waals surface area contributed by atoms with Crippen molar-refractivity contribution in [1.82, 2.24) is 15.3 Å². The molecule has 0 unspecified atom stereocenters. The van der Waals surface area contributed by atoms with Crippen LogP contribution in [0.4, 0.5) is 0 Å². The highest BCUT2D eigenvalue weighted by Crippen LogP contribution is 2.18. The van der Waals surface area contributed by atoms with Gasteiger partial charge in [0.2, 0.25) is 0 Å². The second kappa shape index (κ2) is 6.47. The van der Waals surface area contributed by atoms with Crippen molar-refractivity contribution in [2.24, 2.45) is 0 Å². The Morgan fingerprint density at radius 3 is 2.82 bits per heavy atom. The maximum atomic E-state index is 4.35. The molecule has 0 aliphatic rings. The quantitative estimate of drug-likeness (QED) is 0.770. The van der Waals surface area contributed by atoms with Crippen LogP contribution in [0, 0.1) is 0 Å². The van der Waals surface area contributed by atoms with E-state index in [1.165, 1.54) is 5.56 Å². The summed E-state index contributed by atoms with van der Waals surface area (Å²) >= 11 is 1.84. The molecule has 1 aromatic carbocycles. The van der Waals surface area contributed by atoms with Gasteiger partial charge in [0.1, 0.15) is 5.82 Å². The Labute approximate surface area is 106 Å². The van der Waals surface area contributed by atoms with E-state index < -0.39 is 0 Å². The topological polar surface area (TPSA) is 40.7 Å². The van der Waals surface area contributed by atoms with Gasteiger partial charge < -0.3 is 10.3 Å². The van der Waals surface area contributed by atoms with Gasteiger partial charge >= 0.3 is 0 Å². The lowest BCUT2D eigenvalue weighted by Gasteiger charge is -2.16. The Morgan fingerprint density at radius 2 is 2.18 bits per heavy atom. The van der Waals surface area contributed by atoms with Gasteiger partial charge in [-0.1, -0.05) is 30.3 Å². The summed E-state index contributed by atoms with van der Waals surface area (Å²) in [6.45, 7) is 0.974. The monoisotopic (exact) mass is 247 g/mol. The van der Waals surface area contributed by atoms with E-state index in [9.17, 15) is 0 Å². The van der Waals surface area contributed by atoms with E-state index in [4.69, 9.17) is 0 Å². The number of hydrogen-bond donors (Lipinski definition) is 2. The molecule has 0 aliphatic heterocycles. The van der Waals surface area contributed by atoms with Crippen molar-refractivity contribution < 1.29 is 0 Å². The fourth-order valence-electron chi connectivity index (χ4n) is 1.76. The first-order chi connectivity index (χ1) is 8.42. The highest BCUT2D eigenvalue weighted by Gasteiger charge is 2.14. The number of imidazole rings is 1. The second-order valence-corrected chi connectivity index (χ2v) is 4.75. The van der Waals surface area contributed by atoms with E-state index >= 15 is 0 Å². The molecule has 1 heterocycles. The smallest absolute Gasteiger partial charge is 0.127 e.